The highest BCUT2D eigenvalue weighted by Gasteiger charge is 2.09. The maximum Gasteiger partial charge on any atom is 0.162 e. The second-order valence-corrected chi connectivity index (χ2v) is 5.72. The first-order chi connectivity index (χ1) is 10.3. The van der Waals surface area contributed by atoms with Crippen LogP contribution in [0.3, 0.4) is 0 Å². The molecule has 1 saturated heterocycles. The number of ether oxygens (including phenoxy) is 2. The van der Waals surface area contributed by atoms with Crippen LogP contribution in [-0.2, 0) is 0 Å². The molecule has 0 aliphatic carbocycles. The van der Waals surface area contributed by atoms with Crippen LogP contribution in [0.25, 0.3) is 0 Å². The van der Waals surface area contributed by atoms with Crippen LogP contribution in [0.15, 0.2) is 18.2 Å². The topological polar surface area (TPSA) is 47.7 Å². The van der Waals surface area contributed by atoms with Crippen LogP contribution in [0.1, 0.15) is 38.5 Å². The molecule has 1 aromatic rings. The summed E-state index contributed by atoms with van der Waals surface area (Å²) >= 11 is 0. The third kappa shape index (κ3) is 5.46. The third-order valence-corrected chi connectivity index (χ3v) is 4.01. The van der Waals surface area contributed by atoms with Gasteiger partial charge in [0, 0.05) is 11.8 Å². The van der Waals surface area contributed by atoms with Crippen molar-refractivity contribution in [3.8, 4) is 11.5 Å². The number of nitrogen functional groups attached to an aromatic ring is 1. The molecule has 2 rings (SSSR count). The van der Waals surface area contributed by atoms with Gasteiger partial charge < -0.3 is 20.1 Å². The van der Waals surface area contributed by atoms with Crippen molar-refractivity contribution in [3.05, 3.63) is 18.2 Å². The Morgan fingerprint density at radius 1 is 1.05 bits per heavy atom. The zero-order chi connectivity index (χ0) is 14.9. The maximum absolute atomic E-state index is 5.78. The number of methoxy groups -OCH3 is 1. The highest BCUT2D eigenvalue weighted by molar-refractivity contribution is 5.51. The second-order valence-electron chi connectivity index (χ2n) is 5.72. The van der Waals surface area contributed by atoms with E-state index >= 15 is 0 Å². The SMILES string of the molecule is COc1cc(N)ccc1OCCCCCN1CCCCC1. The molecule has 1 heterocycles. The summed E-state index contributed by atoms with van der Waals surface area (Å²) in [5.41, 5.74) is 6.42. The van der Waals surface area contributed by atoms with Crippen molar-refractivity contribution in [2.24, 2.45) is 0 Å². The van der Waals surface area contributed by atoms with E-state index in [1.54, 1.807) is 13.2 Å². The second kappa shape index (κ2) is 8.78. The summed E-state index contributed by atoms with van der Waals surface area (Å²) in [7, 11) is 1.64. The van der Waals surface area contributed by atoms with Gasteiger partial charge >= 0.3 is 0 Å². The third-order valence-electron chi connectivity index (χ3n) is 4.01. The summed E-state index contributed by atoms with van der Waals surface area (Å²) in [6, 6.07) is 5.52. The molecule has 0 aromatic heterocycles. The van der Waals surface area contributed by atoms with Gasteiger partial charge in [-0.3, -0.25) is 0 Å². The largest absolute Gasteiger partial charge is 0.493 e. The molecule has 0 bridgehead atoms. The Labute approximate surface area is 128 Å². The van der Waals surface area contributed by atoms with E-state index in [4.69, 9.17) is 15.2 Å². The van der Waals surface area contributed by atoms with Gasteiger partial charge in [-0.05, 0) is 63.9 Å². The molecule has 0 spiro atoms. The normalized spacial score (nSPS) is 15.9. The Morgan fingerprint density at radius 2 is 1.86 bits per heavy atom. The molecule has 21 heavy (non-hydrogen) atoms. The zero-order valence-corrected chi connectivity index (χ0v) is 13.1. The van der Waals surface area contributed by atoms with Crippen LogP contribution in [0.4, 0.5) is 5.69 Å². The quantitative estimate of drug-likeness (QED) is 0.590. The Kier molecular flexibility index (Phi) is 6.67. The number of nitrogens with two attached hydrogens (primary N) is 1. The summed E-state index contributed by atoms with van der Waals surface area (Å²) in [6.07, 6.45) is 7.73. The Hall–Kier alpha value is -1.42. The molecule has 1 aliphatic heterocycles. The predicted octanol–water partition coefficient (Wildman–Crippen LogP) is 3.31. The van der Waals surface area contributed by atoms with Crippen LogP contribution in [0.5, 0.6) is 11.5 Å². The molecule has 1 aliphatic rings. The first-order valence-electron chi connectivity index (χ1n) is 8.08. The lowest BCUT2D eigenvalue weighted by molar-refractivity contribution is 0.220. The first-order valence-corrected chi connectivity index (χ1v) is 8.08. The number of unbranched alkanes of at least 4 members (excludes halogenated alkanes) is 2. The Bertz CT molecular complexity index is 417. The zero-order valence-electron chi connectivity index (χ0n) is 13.1. The van der Waals surface area contributed by atoms with Crippen LogP contribution >= 0.6 is 0 Å². The fourth-order valence-electron chi connectivity index (χ4n) is 2.78. The highest BCUT2D eigenvalue weighted by atomic mass is 16.5. The fourth-order valence-corrected chi connectivity index (χ4v) is 2.78. The Balaban J connectivity index is 1.59. The predicted molar refractivity (Wildman–Crippen MR) is 87.0 cm³/mol. The first kappa shape index (κ1) is 16.0. The van der Waals surface area contributed by atoms with E-state index in [1.807, 2.05) is 12.1 Å². The number of rotatable bonds is 8. The number of likely N-dealkylation sites (tertiary alicyclic amines) is 1. The monoisotopic (exact) mass is 292 g/mol. The average molecular weight is 292 g/mol. The summed E-state index contributed by atoms with van der Waals surface area (Å²) in [4.78, 5) is 2.59. The number of benzene rings is 1. The molecule has 0 amide bonds. The van der Waals surface area contributed by atoms with Crippen LogP contribution in [-0.4, -0.2) is 38.3 Å². The number of piperidine rings is 1. The molecule has 0 radical (unpaired) electrons. The maximum atomic E-state index is 5.78. The van der Waals surface area contributed by atoms with Gasteiger partial charge in [-0.1, -0.05) is 6.42 Å². The summed E-state index contributed by atoms with van der Waals surface area (Å²) in [5, 5.41) is 0. The molecule has 1 aromatic carbocycles. The van der Waals surface area contributed by atoms with Gasteiger partial charge in [0.2, 0.25) is 0 Å². The lowest BCUT2D eigenvalue weighted by Gasteiger charge is -2.26. The van der Waals surface area contributed by atoms with Gasteiger partial charge in [0.1, 0.15) is 0 Å². The molecule has 4 nitrogen and oxygen atoms in total. The van der Waals surface area contributed by atoms with Gasteiger partial charge in [-0.25, -0.2) is 0 Å². The van der Waals surface area contributed by atoms with Crippen LogP contribution in [0, 0.1) is 0 Å². The van der Waals surface area contributed by atoms with E-state index in [1.165, 1.54) is 51.7 Å². The summed E-state index contributed by atoms with van der Waals surface area (Å²) < 4.78 is 11.1. The number of hydrogen-bond acceptors (Lipinski definition) is 4. The van der Waals surface area contributed by atoms with Crippen molar-refractivity contribution in [2.75, 3.05) is 39.1 Å². The minimum atomic E-state index is 0.695. The molecule has 118 valence electrons. The van der Waals surface area contributed by atoms with Gasteiger partial charge in [0.15, 0.2) is 11.5 Å². The average Bonchev–Trinajstić information content (AvgIpc) is 2.52. The molecule has 2 N–H and O–H groups in total. The van der Waals surface area contributed by atoms with E-state index in [-0.39, 0.29) is 0 Å². The van der Waals surface area contributed by atoms with E-state index in [0.29, 0.717) is 11.4 Å². The van der Waals surface area contributed by atoms with Gasteiger partial charge in [-0.2, -0.15) is 0 Å². The number of anilines is 1. The highest BCUT2D eigenvalue weighted by Crippen LogP contribution is 2.29. The lowest BCUT2D eigenvalue weighted by atomic mass is 10.1. The van der Waals surface area contributed by atoms with Crippen molar-refractivity contribution in [2.45, 2.75) is 38.5 Å². The van der Waals surface area contributed by atoms with Crippen molar-refractivity contribution in [1.29, 1.82) is 0 Å². The molecule has 4 heteroatoms. The summed E-state index contributed by atoms with van der Waals surface area (Å²) in [5.74, 6) is 1.49. The van der Waals surface area contributed by atoms with Crippen molar-refractivity contribution in [1.82, 2.24) is 4.90 Å². The molecular formula is C17H28N2O2. The van der Waals surface area contributed by atoms with E-state index in [9.17, 15) is 0 Å². The number of hydrogen-bond donors (Lipinski definition) is 1. The van der Waals surface area contributed by atoms with Gasteiger partial charge in [0.05, 0.1) is 13.7 Å². The molecule has 1 fully saturated rings. The van der Waals surface area contributed by atoms with Crippen molar-refractivity contribution in [3.63, 3.8) is 0 Å². The van der Waals surface area contributed by atoms with E-state index in [0.717, 1.165) is 18.8 Å². The summed E-state index contributed by atoms with van der Waals surface area (Å²) in [6.45, 7) is 4.56. The molecule has 0 saturated carbocycles. The van der Waals surface area contributed by atoms with Crippen LogP contribution < -0.4 is 15.2 Å². The van der Waals surface area contributed by atoms with Crippen molar-refractivity contribution >= 4 is 5.69 Å². The van der Waals surface area contributed by atoms with E-state index < -0.39 is 0 Å². The molecular weight excluding hydrogens is 264 g/mol. The Morgan fingerprint density at radius 3 is 2.62 bits per heavy atom. The van der Waals surface area contributed by atoms with Crippen LogP contribution in [0.2, 0.25) is 0 Å². The molecule has 0 unspecified atom stereocenters. The smallest absolute Gasteiger partial charge is 0.162 e. The fraction of sp³-hybridized carbons (Fsp3) is 0.647. The van der Waals surface area contributed by atoms with Gasteiger partial charge in [0.25, 0.3) is 0 Å². The minimum absolute atomic E-state index is 0.695. The standard InChI is InChI=1S/C17H28N2O2/c1-20-17-14-15(18)8-9-16(17)21-13-7-3-6-12-19-10-4-2-5-11-19/h8-9,14H,2-7,10-13,18H2,1H3. The van der Waals surface area contributed by atoms with E-state index in [2.05, 4.69) is 4.90 Å². The molecule has 0 atom stereocenters. The lowest BCUT2D eigenvalue weighted by Crippen LogP contribution is -2.30. The van der Waals surface area contributed by atoms with Gasteiger partial charge in [-0.15, -0.1) is 0 Å². The number of nitrogens with zero attached hydrogens (tertiary/aromatic N) is 1. The van der Waals surface area contributed by atoms with Crippen molar-refractivity contribution < 1.29 is 9.47 Å². The minimum Gasteiger partial charge on any atom is -0.493 e.